The fourth-order valence-corrected chi connectivity index (χ4v) is 2.07. The van der Waals surface area contributed by atoms with Crippen LogP contribution in [0.25, 0.3) is 5.65 Å². The summed E-state index contributed by atoms with van der Waals surface area (Å²) < 4.78 is 1.71. The summed E-state index contributed by atoms with van der Waals surface area (Å²) >= 11 is 0. The van der Waals surface area contributed by atoms with Crippen LogP contribution in [0.3, 0.4) is 0 Å². The number of nitrogens with one attached hydrogen (secondary N) is 1. The third-order valence-corrected chi connectivity index (χ3v) is 3.10. The van der Waals surface area contributed by atoms with Crippen molar-refractivity contribution in [2.24, 2.45) is 0 Å². The molecule has 2 aromatic heterocycles. The van der Waals surface area contributed by atoms with E-state index in [9.17, 15) is 0 Å². The van der Waals surface area contributed by atoms with Gasteiger partial charge in [0.1, 0.15) is 6.33 Å². The van der Waals surface area contributed by atoms with Crippen molar-refractivity contribution in [3.05, 3.63) is 42.4 Å². The summed E-state index contributed by atoms with van der Waals surface area (Å²) in [5, 5.41) is 7.57. The van der Waals surface area contributed by atoms with Gasteiger partial charge in [-0.05, 0) is 24.1 Å². The third-order valence-electron chi connectivity index (χ3n) is 3.10. The van der Waals surface area contributed by atoms with Gasteiger partial charge in [0.15, 0.2) is 5.65 Å². The van der Waals surface area contributed by atoms with Crippen LogP contribution in [0.5, 0.6) is 0 Å². The number of fused-ring (bicyclic) bond motifs is 1. The van der Waals surface area contributed by atoms with E-state index in [-0.39, 0.29) is 0 Å². The van der Waals surface area contributed by atoms with Gasteiger partial charge in [-0.15, -0.1) is 0 Å². The minimum absolute atomic E-state index is 0.364. The Morgan fingerprint density at radius 3 is 2.85 bits per heavy atom. The monoisotopic (exact) mass is 268 g/mol. The number of nitrogen functional groups attached to an aromatic ring is 1. The lowest BCUT2D eigenvalue weighted by Crippen LogP contribution is -2.04. The number of hydrogen-bond acceptors (Lipinski definition) is 5. The highest BCUT2D eigenvalue weighted by molar-refractivity contribution is 5.61. The summed E-state index contributed by atoms with van der Waals surface area (Å²) in [7, 11) is 0. The van der Waals surface area contributed by atoms with E-state index in [1.807, 2.05) is 30.5 Å². The molecule has 0 atom stereocenters. The largest absolute Gasteiger partial charge is 0.399 e. The molecule has 6 heteroatoms. The second kappa shape index (κ2) is 4.80. The molecule has 0 saturated carbocycles. The van der Waals surface area contributed by atoms with E-state index in [1.54, 1.807) is 4.52 Å². The van der Waals surface area contributed by atoms with Gasteiger partial charge in [0.25, 0.3) is 0 Å². The van der Waals surface area contributed by atoms with Crippen LogP contribution in [0.4, 0.5) is 17.3 Å². The number of anilines is 3. The average molecular weight is 268 g/mol. The first-order valence-electron chi connectivity index (χ1n) is 6.46. The summed E-state index contributed by atoms with van der Waals surface area (Å²) in [5.41, 5.74) is 9.26. The maximum atomic E-state index is 5.77. The van der Waals surface area contributed by atoms with Crippen molar-refractivity contribution >= 4 is 23.0 Å². The van der Waals surface area contributed by atoms with Crippen molar-refractivity contribution in [2.45, 2.75) is 19.8 Å². The molecule has 3 rings (SSSR count). The molecule has 20 heavy (non-hydrogen) atoms. The zero-order chi connectivity index (χ0) is 14.1. The van der Waals surface area contributed by atoms with Gasteiger partial charge in [0.2, 0.25) is 5.95 Å². The predicted molar refractivity (Wildman–Crippen MR) is 79.0 cm³/mol. The Hall–Kier alpha value is -2.63. The minimum atomic E-state index is 0.364. The van der Waals surface area contributed by atoms with Crippen LogP contribution in [-0.2, 0) is 0 Å². The van der Waals surface area contributed by atoms with Crippen molar-refractivity contribution in [1.29, 1.82) is 0 Å². The zero-order valence-electron chi connectivity index (χ0n) is 11.4. The van der Waals surface area contributed by atoms with Crippen molar-refractivity contribution in [2.75, 3.05) is 11.1 Å². The summed E-state index contributed by atoms with van der Waals surface area (Å²) in [6.07, 6.45) is 3.37. The molecule has 0 bridgehead atoms. The van der Waals surface area contributed by atoms with Gasteiger partial charge in [-0.25, -0.2) is 9.97 Å². The highest BCUT2D eigenvalue weighted by Gasteiger charge is 2.12. The molecule has 0 saturated heterocycles. The SMILES string of the molecule is CC(C)c1cnn2c(Nc3cccc(N)c3)ncnc12. The first kappa shape index (κ1) is 12.4. The molecular weight excluding hydrogens is 252 g/mol. The van der Waals surface area contributed by atoms with Gasteiger partial charge < -0.3 is 11.1 Å². The quantitative estimate of drug-likeness (QED) is 0.713. The van der Waals surface area contributed by atoms with E-state index in [2.05, 4.69) is 34.2 Å². The van der Waals surface area contributed by atoms with E-state index in [0.717, 1.165) is 16.9 Å². The molecule has 0 fully saturated rings. The van der Waals surface area contributed by atoms with Gasteiger partial charge in [-0.3, -0.25) is 0 Å². The Labute approximate surface area is 116 Å². The normalized spacial score (nSPS) is 11.2. The molecule has 0 spiro atoms. The smallest absolute Gasteiger partial charge is 0.231 e. The molecule has 0 aliphatic rings. The highest BCUT2D eigenvalue weighted by atomic mass is 15.3. The maximum absolute atomic E-state index is 5.77. The first-order valence-corrected chi connectivity index (χ1v) is 6.46. The Morgan fingerprint density at radius 2 is 2.10 bits per heavy atom. The summed E-state index contributed by atoms with van der Waals surface area (Å²) in [6.45, 7) is 4.23. The fraction of sp³-hybridized carbons (Fsp3) is 0.214. The van der Waals surface area contributed by atoms with Gasteiger partial charge in [-0.1, -0.05) is 19.9 Å². The van der Waals surface area contributed by atoms with Crippen LogP contribution in [-0.4, -0.2) is 19.6 Å². The van der Waals surface area contributed by atoms with Crippen LogP contribution in [0, 0.1) is 0 Å². The van der Waals surface area contributed by atoms with Crippen molar-refractivity contribution in [3.63, 3.8) is 0 Å². The van der Waals surface area contributed by atoms with Gasteiger partial charge in [0, 0.05) is 16.9 Å². The maximum Gasteiger partial charge on any atom is 0.231 e. The van der Waals surface area contributed by atoms with Crippen LogP contribution < -0.4 is 11.1 Å². The Kier molecular flexibility index (Phi) is 2.98. The lowest BCUT2D eigenvalue weighted by atomic mass is 10.1. The number of rotatable bonds is 3. The summed E-state index contributed by atoms with van der Waals surface area (Å²) in [6, 6.07) is 7.50. The molecule has 0 aliphatic carbocycles. The van der Waals surface area contributed by atoms with Crippen LogP contribution in [0.2, 0.25) is 0 Å². The molecule has 1 aromatic carbocycles. The van der Waals surface area contributed by atoms with Crippen LogP contribution >= 0.6 is 0 Å². The molecule has 0 radical (unpaired) electrons. The summed E-state index contributed by atoms with van der Waals surface area (Å²) in [4.78, 5) is 8.55. The van der Waals surface area contributed by atoms with E-state index < -0.39 is 0 Å². The third kappa shape index (κ3) is 2.16. The molecule has 0 aliphatic heterocycles. The Morgan fingerprint density at radius 1 is 1.25 bits per heavy atom. The molecule has 3 N–H and O–H groups in total. The standard InChI is InChI=1S/C14H16N6/c1-9(2)12-7-18-20-13(12)16-8-17-14(20)19-11-5-3-4-10(15)6-11/h3-9H,15H2,1-2H3,(H,16,17,19). The highest BCUT2D eigenvalue weighted by Crippen LogP contribution is 2.22. The number of nitrogens with zero attached hydrogens (tertiary/aromatic N) is 4. The number of hydrogen-bond donors (Lipinski definition) is 2. The molecule has 0 unspecified atom stereocenters. The second-order valence-corrected chi connectivity index (χ2v) is 4.94. The predicted octanol–water partition coefficient (Wildman–Crippen LogP) is 2.57. The van der Waals surface area contributed by atoms with Crippen molar-refractivity contribution < 1.29 is 0 Å². The zero-order valence-corrected chi connectivity index (χ0v) is 11.4. The fourth-order valence-electron chi connectivity index (χ4n) is 2.07. The lowest BCUT2D eigenvalue weighted by Gasteiger charge is -2.08. The number of nitrogens with two attached hydrogens (primary N) is 1. The average Bonchev–Trinajstić information content (AvgIpc) is 2.84. The van der Waals surface area contributed by atoms with Crippen molar-refractivity contribution in [3.8, 4) is 0 Å². The van der Waals surface area contributed by atoms with E-state index in [4.69, 9.17) is 5.73 Å². The van der Waals surface area contributed by atoms with E-state index >= 15 is 0 Å². The second-order valence-electron chi connectivity index (χ2n) is 4.94. The van der Waals surface area contributed by atoms with E-state index in [1.165, 1.54) is 6.33 Å². The number of benzene rings is 1. The van der Waals surface area contributed by atoms with Crippen molar-refractivity contribution in [1.82, 2.24) is 19.6 Å². The lowest BCUT2D eigenvalue weighted by molar-refractivity contribution is 0.869. The van der Waals surface area contributed by atoms with Gasteiger partial charge >= 0.3 is 0 Å². The molecule has 102 valence electrons. The minimum Gasteiger partial charge on any atom is -0.399 e. The summed E-state index contributed by atoms with van der Waals surface area (Å²) in [5.74, 6) is 0.982. The van der Waals surface area contributed by atoms with E-state index in [0.29, 0.717) is 17.6 Å². The Balaban J connectivity index is 2.04. The molecule has 3 aromatic rings. The van der Waals surface area contributed by atoms with Gasteiger partial charge in [-0.2, -0.15) is 9.61 Å². The Bertz CT molecular complexity index is 746. The molecule has 2 heterocycles. The molecule has 6 nitrogen and oxygen atoms in total. The van der Waals surface area contributed by atoms with Crippen LogP contribution in [0.15, 0.2) is 36.8 Å². The molecular formula is C14H16N6. The molecule has 0 amide bonds. The van der Waals surface area contributed by atoms with Gasteiger partial charge in [0.05, 0.1) is 6.20 Å². The first-order chi connectivity index (χ1) is 9.65. The topological polar surface area (TPSA) is 81.1 Å². The number of aromatic nitrogens is 4. The van der Waals surface area contributed by atoms with Crippen LogP contribution in [0.1, 0.15) is 25.3 Å².